The van der Waals surface area contributed by atoms with Crippen LogP contribution in [0.2, 0.25) is 0 Å². The largest absolute Gasteiger partial charge is 0.385 e. The zero-order valence-corrected chi connectivity index (χ0v) is 17.7. The number of ether oxygens (including phenoxy) is 1. The number of hydrogen-bond donors (Lipinski definition) is 1. The fraction of sp³-hybridized carbons (Fsp3) is 0.417. The summed E-state index contributed by atoms with van der Waals surface area (Å²) < 4.78 is 5.16. The van der Waals surface area contributed by atoms with Gasteiger partial charge in [0.1, 0.15) is 0 Å². The highest BCUT2D eigenvalue weighted by Crippen LogP contribution is 2.47. The van der Waals surface area contributed by atoms with Gasteiger partial charge in [-0.05, 0) is 68.2 Å². The summed E-state index contributed by atoms with van der Waals surface area (Å²) in [7, 11) is 3.56. The van der Waals surface area contributed by atoms with E-state index < -0.39 is 5.41 Å². The lowest BCUT2D eigenvalue weighted by Gasteiger charge is -2.38. The molecule has 0 saturated carbocycles. The third kappa shape index (κ3) is 3.73. The minimum atomic E-state index is -0.523. The Labute approximate surface area is 177 Å². The minimum absolute atomic E-state index is 0.148. The van der Waals surface area contributed by atoms with E-state index in [4.69, 9.17) is 4.74 Å². The number of benzene rings is 2. The summed E-state index contributed by atoms with van der Waals surface area (Å²) in [6.45, 7) is 3.50. The first-order valence-electron chi connectivity index (χ1n) is 10.6. The molecule has 6 nitrogen and oxygen atoms in total. The van der Waals surface area contributed by atoms with Crippen molar-refractivity contribution in [2.75, 3.05) is 50.6 Å². The number of likely N-dealkylation sites (tertiary alicyclic amines) is 1. The molecule has 1 N–H and O–H groups in total. The highest BCUT2D eigenvalue weighted by molar-refractivity contribution is 6.10. The molecule has 1 saturated heterocycles. The number of piperidine rings is 1. The minimum Gasteiger partial charge on any atom is -0.385 e. The summed E-state index contributed by atoms with van der Waals surface area (Å²) in [6, 6.07) is 15.1. The highest BCUT2D eigenvalue weighted by Gasteiger charge is 2.51. The van der Waals surface area contributed by atoms with Gasteiger partial charge >= 0.3 is 0 Å². The second-order valence-corrected chi connectivity index (χ2v) is 8.19. The summed E-state index contributed by atoms with van der Waals surface area (Å²) >= 11 is 0. The molecule has 2 heterocycles. The average molecular weight is 408 g/mol. The Hall–Kier alpha value is -2.70. The van der Waals surface area contributed by atoms with E-state index in [9.17, 15) is 9.59 Å². The normalized spacial score (nSPS) is 17.9. The van der Waals surface area contributed by atoms with Gasteiger partial charge in [-0.3, -0.25) is 9.59 Å². The smallest absolute Gasteiger partial charge is 0.255 e. The number of carbonyl (C=O) groups is 2. The second-order valence-electron chi connectivity index (χ2n) is 8.19. The van der Waals surface area contributed by atoms with Crippen molar-refractivity contribution in [2.24, 2.45) is 0 Å². The number of para-hydroxylation sites is 1. The maximum Gasteiger partial charge on any atom is 0.255 e. The fourth-order valence-corrected chi connectivity index (χ4v) is 4.70. The van der Waals surface area contributed by atoms with Crippen molar-refractivity contribution in [3.63, 3.8) is 0 Å². The molecule has 0 radical (unpaired) electrons. The molecule has 30 heavy (non-hydrogen) atoms. The quantitative estimate of drug-likeness (QED) is 0.747. The van der Waals surface area contributed by atoms with Crippen LogP contribution < -0.4 is 10.2 Å². The monoisotopic (exact) mass is 407 g/mol. The lowest BCUT2D eigenvalue weighted by Crippen LogP contribution is -2.48. The van der Waals surface area contributed by atoms with Crippen LogP contribution in [0.4, 0.5) is 11.4 Å². The summed E-state index contributed by atoms with van der Waals surface area (Å²) in [5.41, 5.74) is 2.74. The molecule has 2 aliphatic heterocycles. The first-order chi connectivity index (χ1) is 14.5. The van der Waals surface area contributed by atoms with Crippen molar-refractivity contribution in [3.05, 3.63) is 59.7 Å². The van der Waals surface area contributed by atoms with E-state index in [0.717, 1.165) is 62.4 Å². The van der Waals surface area contributed by atoms with Gasteiger partial charge in [0.2, 0.25) is 5.91 Å². The van der Waals surface area contributed by atoms with E-state index in [1.165, 1.54) is 0 Å². The predicted octanol–water partition coefficient (Wildman–Crippen LogP) is 3.29. The standard InChI is InChI=1S/C24H29N3O3/c1-26-21-10-9-18(22(28)25-19-7-4-3-5-8-19)17-20(21)24(23(26)29)11-14-27(15-12-24)13-6-16-30-2/h3-5,7-10,17H,6,11-16H2,1-2H3,(H,25,28). The van der Waals surface area contributed by atoms with Gasteiger partial charge in [-0.2, -0.15) is 0 Å². The Morgan fingerprint density at radius 3 is 2.57 bits per heavy atom. The lowest BCUT2D eigenvalue weighted by molar-refractivity contribution is -0.124. The number of fused-ring (bicyclic) bond motifs is 2. The average Bonchev–Trinajstić information content (AvgIpc) is 2.97. The van der Waals surface area contributed by atoms with Crippen LogP contribution in [-0.4, -0.2) is 57.1 Å². The summed E-state index contributed by atoms with van der Waals surface area (Å²) in [5, 5.41) is 2.94. The highest BCUT2D eigenvalue weighted by atomic mass is 16.5. The van der Waals surface area contributed by atoms with E-state index in [1.54, 1.807) is 18.1 Å². The van der Waals surface area contributed by atoms with Gasteiger partial charge in [0.15, 0.2) is 0 Å². The van der Waals surface area contributed by atoms with E-state index in [1.807, 2.05) is 49.5 Å². The number of nitrogens with zero attached hydrogens (tertiary/aromatic N) is 2. The van der Waals surface area contributed by atoms with Gasteiger partial charge in [-0.25, -0.2) is 0 Å². The molecule has 2 aromatic carbocycles. The van der Waals surface area contributed by atoms with E-state index in [0.29, 0.717) is 5.56 Å². The van der Waals surface area contributed by atoms with Gasteiger partial charge in [-0.15, -0.1) is 0 Å². The van der Waals surface area contributed by atoms with Crippen LogP contribution in [0, 0.1) is 0 Å². The van der Waals surface area contributed by atoms with E-state index in [2.05, 4.69) is 10.2 Å². The van der Waals surface area contributed by atoms with Gasteiger partial charge in [0.05, 0.1) is 5.41 Å². The summed E-state index contributed by atoms with van der Waals surface area (Å²) in [4.78, 5) is 30.2. The molecule has 0 aromatic heterocycles. The SMILES string of the molecule is COCCCN1CCC2(CC1)C(=O)N(C)c1ccc(C(=O)Nc3ccccc3)cc12. The van der Waals surface area contributed by atoms with Crippen molar-refractivity contribution in [1.82, 2.24) is 4.90 Å². The van der Waals surface area contributed by atoms with Crippen molar-refractivity contribution in [2.45, 2.75) is 24.7 Å². The van der Waals surface area contributed by atoms with Crippen LogP contribution in [0.1, 0.15) is 35.2 Å². The molecular weight excluding hydrogens is 378 g/mol. The van der Waals surface area contributed by atoms with Gasteiger partial charge in [-0.1, -0.05) is 18.2 Å². The molecular formula is C24H29N3O3. The van der Waals surface area contributed by atoms with Crippen LogP contribution in [0.15, 0.2) is 48.5 Å². The van der Waals surface area contributed by atoms with Crippen molar-refractivity contribution in [3.8, 4) is 0 Å². The Kier molecular flexibility index (Phi) is 5.88. The van der Waals surface area contributed by atoms with E-state index in [-0.39, 0.29) is 11.8 Å². The molecule has 2 aliphatic rings. The number of carbonyl (C=O) groups excluding carboxylic acids is 2. The Bertz CT molecular complexity index is 921. The van der Waals surface area contributed by atoms with Crippen LogP contribution in [0.3, 0.4) is 0 Å². The number of methoxy groups -OCH3 is 1. The molecule has 158 valence electrons. The first kappa shape index (κ1) is 20.6. The molecule has 4 rings (SSSR count). The fourth-order valence-electron chi connectivity index (χ4n) is 4.70. The van der Waals surface area contributed by atoms with Crippen LogP contribution in [-0.2, 0) is 14.9 Å². The number of hydrogen-bond acceptors (Lipinski definition) is 4. The van der Waals surface area contributed by atoms with Crippen LogP contribution in [0.25, 0.3) is 0 Å². The Balaban J connectivity index is 1.55. The topological polar surface area (TPSA) is 61.9 Å². The number of amides is 2. The third-order valence-electron chi connectivity index (χ3n) is 6.41. The van der Waals surface area contributed by atoms with Gasteiger partial charge in [0.25, 0.3) is 5.91 Å². The number of anilines is 2. The third-order valence-corrected chi connectivity index (χ3v) is 6.41. The van der Waals surface area contributed by atoms with Crippen LogP contribution in [0.5, 0.6) is 0 Å². The van der Waals surface area contributed by atoms with Crippen molar-refractivity contribution >= 4 is 23.2 Å². The van der Waals surface area contributed by atoms with Gasteiger partial charge in [0, 0.05) is 44.2 Å². The molecule has 2 aromatic rings. The molecule has 1 fully saturated rings. The Morgan fingerprint density at radius 1 is 1.13 bits per heavy atom. The predicted molar refractivity (Wildman–Crippen MR) is 118 cm³/mol. The number of likely N-dealkylation sites (N-methyl/N-ethyl adjacent to an activating group) is 1. The first-order valence-corrected chi connectivity index (χ1v) is 10.6. The molecule has 6 heteroatoms. The molecule has 0 bridgehead atoms. The maximum atomic E-state index is 13.3. The van der Waals surface area contributed by atoms with Crippen LogP contribution >= 0.6 is 0 Å². The molecule has 0 unspecified atom stereocenters. The summed E-state index contributed by atoms with van der Waals surface area (Å²) in [5.74, 6) is -0.00665. The van der Waals surface area contributed by atoms with E-state index >= 15 is 0 Å². The molecule has 1 spiro atoms. The Morgan fingerprint density at radius 2 is 1.87 bits per heavy atom. The molecule has 0 aliphatic carbocycles. The van der Waals surface area contributed by atoms with Crippen molar-refractivity contribution < 1.29 is 14.3 Å². The molecule has 2 amide bonds. The zero-order valence-electron chi connectivity index (χ0n) is 17.7. The van der Waals surface area contributed by atoms with Gasteiger partial charge < -0.3 is 19.9 Å². The second kappa shape index (κ2) is 8.58. The maximum absolute atomic E-state index is 13.3. The zero-order chi connectivity index (χ0) is 21.1. The lowest BCUT2D eigenvalue weighted by atomic mass is 9.73. The number of rotatable bonds is 6. The summed E-state index contributed by atoms with van der Waals surface area (Å²) in [6.07, 6.45) is 2.55. The van der Waals surface area contributed by atoms with Crippen molar-refractivity contribution in [1.29, 1.82) is 0 Å². The molecule has 0 atom stereocenters. The number of nitrogens with one attached hydrogen (secondary N) is 1.